The smallest absolute Gasteiger partial charge is 0.303 e. The number of aryl methyl sites for hydroxylation is 2. The number of hydrogen-bond donors (Lipinski definition) is 2. The summed E-state index contributed by atoms with van der Waals surface area (Å²) in [6.07, 6.45) is 4.55. The molecule has 0 bridgehead atoms. The molecule has 1 unspecified atom stereocenters. The Morgan fingerprint density at radius 2 is 1.87 bits per heavy atom. The van der Waals surface area contributed by atoms with Crippen LogP contribution < -0.4 is 0 Å². The highest BCUT2D eigenvalue weighted by atomic mass is 16.5. The minimum absolute atomic E-state index is 0.0151. The van der Waals surface area contributed by atoms with Gasteiger partial charge in [0.25, 0.3) is 0 Å². The van der Waals surface area contributed by atoms with Crippen LogP contribution in [0.5, 0.6) is 0 Å². The summed E-state index contributed by atoms with van der Waals surface area (Å²) < 4.78 is 5.15. The number of H-pyrrole nitrogens is 1. The summed E-state index contributed by atoms with van der Waals surface area (Å²) in [6, 6.07) is 4.11. The van der Waals surface area contributed by atoms with Crippen molar-refractivity contribution in [3.05, 3.63) is 29.1 Å². The highest BCUT2D eigenvalue weighted by Crippen LogP contribution is 2.21. The zero-order chi connectivity index (χ0) is 22.8. The normalized spacial score (nSPS) is 12.3. The number of hydrogen-bond acceptors (Lipinski definition) is 4. The zero-order valence-corrected chi connectivity index (χ0v) is 19.4. The van der Waals surface area contributed by atoms with Crippen LogP contribution in [0, 0.1) is 19.8 Å². The van der Waals surface area contributed by atoms with E-state index in [-0.39, 0.29) is 12.3 Å². The Morgan fingerprint density at radius 1 is 1.16 bits per heavy atom. The van der Waals surface area contributed by atoms with Gasteiger partial charge in [-0.2, -0.15) is 0 Å². The number of aromatic amines is 1. The lowest BCUT2D eigenvalue weighted by atomic mass is 9.96. The molecule has 0 aliphatic carbocycles. The lowest BCUT2D eigenvalue weighted by molar-refractivity contribution is -0.139. The minimum atomic E-state index is -0.884. The largest absolute Gasteiger partial charge is 0.481 e. The van der Waals surface area contributed by atoms with Crippen LogP contribution in [0.25, 0.3) is 11.0 Å². The van der Waals surface area contributed by atoms with Gasteiger partial charge in [-0.05, 0) is 56.4 Å². The minimum Gasteiger partial charge on any atom is -0.481 e. The summed E-state index contributed by atoms with van der Waals surface area (Å²) in [5.41, 5.74) is 4.18. The fourth-order valence-electron chi connectivity index (χ4n) is 3.81. The number of benzene rings is 1. The second-order valence-electron chi connectivity index (χ2n) is 8.35. The van der Waals surface area contributed by atoms with Gasteiger partial charge in [-0.15, -0.1) is 0 Å². The molecule has 0 aliphatic rings. The third-order valence-corrected chi connectivity index (χ3v) is 5.76. The number of amides is 1. The van der Waals surface area contributed by atoms with Gasteiger partial charge in [-0.25, -0.2) is 4.98 Å². The van der Waals surface area contributed by atoms with Crippen LogP contribution in [0.1, 0.15) is 62.4 Å². The molecular formula is C24H37N3O4. The van der Waals surface area contributed by atoms with Gasteiger partial charge in [-0.3, -0.25) is 9.59 Å². The topological polar surface area (TPSA) is 95.5 Å². The first kappa shape index (κ1) is 24.9. The van der Waals surface area contributed by atoms with Crippen molar-refractivity contribution in [1.29, 1.82) is 0 Å². The fraction of sp³-hybridized carbons (Fsp3) is 0.625. The van der Waals surface area contributed by atoms with Crippen LogP contribution in [0.2, 0.25) is 0 Å². The Balaban J connectivity index is 2.20. The first-order chi connectivity index (χ1) is 14.8. The van der Waals surface area contributed by atoms with Gasteiger partial charge in [0.1, 0.15) is 5.82 Å². The van der Waals surface area contributed by atoms with Gasteiger partial charge in [-0.1, -0.05) is 19.8 Å². The number of carboxylic acid groups (broad SMARTS) is 1. The summed E-state index contributed by atoms with van der Waals surface area (Å²) in [6.45, 7) is 8.16. The van der Waals surface area contributed by atoms with E-state index in [0.29, 0.717) is 32.5 Å². The predicted octanol–water partition coefficient (Wildman–Crippen LogP) is 4.26. The summed E-state index contributed by atoms with van der Waals surface area (Å²) in [4.78, 5) is 34.5. The van der Waals surface area contributed by atoms with E-state index in [2.05, 4.69) is 36.8 Å². The van der Waals surface area contributed by atoms with E-state index in [0.717, 1.165) is 42.5 Å². The Labute approximate surface area is 185 Å². The van der Waals surface area contributed by atoms with Crippen molar-refractivity contribution >= 4 is 22.9 Å². The molecule has 2 rings (SSSR count). The molecule has 7 nitrogen and oxygen atoms in total. The van der Waals surface area contributed by atoms with Crippen molar-refractivity contribution in [1.82, 2.24) is 14.9 Å². The Morgan fingerprint density at radius 3 is 2.55 bits per heavy atom. The molecule has 0 fully saturated rings. The average molecular weight is 432 g/mol. The van der Waals surface area contributed by atoms with Crippen LogP contribution in [-0.4, -0.2) is 58.7 Å². The van der Waals surface area contributed by atoms with Gasteiger partial charge in [0, 0.05) is 45.6 Å². The number of fused-ring (bicyclic) bond motifs is 1. The number of carbonyl (C=O) groups excluding carboxylic acids is 1. The summed E-state index contributed by atoms with van der Waals surface area (Å²) in [5, 5.41) is 9.21. The number of unbranched alkanes of at least 4 members (excludes halogenated alkanes) is 2. The molecule has 0 aliphatic heterocycles. The SMILES string of the molecule is CCCCCN(CCCOC)C(=O)C(CCC(=O)O)Cc1nc2cc(C)c(C)cc2[nH]1. The van der Waals surface area contributed by atoms with E-state index < -0.39 is 11.9 Å². The number of nitrogens with one attached hydrogen (secondary N) is 1. The molecular weight excluding hydrogens is 394 g/mol. The second-order valence-corrected chi connectivity index (χ2v) is 8.35. The second kappa shape index (κ2) is 12.4. The Kier molecular flexibility index (Phi) is 9.98. The first-order valence-corrected chi connectivity index (χ1v) is 11.3. The number of imidazole rings is 1. The van der Waals surface area contributed by atoms with Crippen molar-refractivity contribution in [2.75, 3.05) is 26.8 Å². The fourth-order valence-corrected chi connectivity index (χ4v) is 3.81. The molecule has 31 heavy (non-hydrogen) atoms. The molecule has 0 spiro atoms. The van der Waals surface area contributed by atoms with E-state index in [1.165, 1.54) is 11.1 Å². The van der Waals surface area contributed by atoms with Crippen LogP contribution in [0.15, 0.2) is 12.1 Å². The monoisotopic (exact) mass is 431 g/mol. The van der Waals surface area contributed by atoms with E-state index in [4.69, 9.17) is 4.74 Å². The molecule has 1 aromatic heterocycles. The van der Waals surface area contributed by atoms with Crippen LogP contribution in [-0.2, 0) is 20.7 Å². The molecule has 2 aromatic rings. The zero-order valence-electron chi connectivity index (χ0n) is 19.4. The van der Waals surface area contributed by atoms with Crippen LogP contribution >= 0.6 is 0 Å². The summed E-state index contributed by atoms with van der Waals surface area (Å²) in [7, 11) is 1.66. The number of rotatable bonds is 14. The number of carboxylic acids is 1. The maximum Gasteiger partial charge on any atom is 0.303 e. The van der Waals surface area contributed by atoms with E-state index >= 15 is 0 Å². The van der Waals surface area contributed by atoms with Gasteiger partial charge in [0.15, 0.2) is 0 Å². The molecule has 1 aromatic carbocycles. The average Bonchev–Trinajstić information content (AvgIpc) is 3.10. The number of nitrogens with zero attached hydrogens (tertiary/aromatic N) is 2. The number of methoxy groups -OCH3 is 1. The number of aromatic nitrogens is 2. The van der Waals surface area contributed by atoms with E-state index in [1.54, 1.807) is 7.11 Å². The van der Waals surface area contributed by atoms with Gasteiger partial charge in [0.2, 0.25) is 5.91 Å². The maximum atomic E-state index is 13.4. The molecule has 0 saturated heterocycles. The highest BCUT2D eigenvalue weighted by Gasteiger charge is 2.26. The third-order valence-electron chi connectivity index (χ3n) is 5.76. The summed E-state index contributed by atoms with van der Waals surface area (Å²) >= 11 is 0. The lowest BCUT2D eigenvalue weighted by Gasteiger charge is -2.27. The molecule has 7 heteroatoms. The molecule has 0 saturated carbocycles. The molecule has 1 atom stereocenters. The van der Waals surface area contributed by atoms with Crippen molar-refractivity contribution in [2.45, 2.75) is 65.7 Å². The molecule has 0 radical (unpaired) electrons. The van der Waals surface area contributed by atoms with Crippen molar-refractivity contribution < 1.29 is 19.4 Å². The number of ether oxygens (including phenoxy) is 1. The highest BCUT2D eigenvalue weighted by molar-refractivity contribution is 5.80. The molecule has 2 N–H and O–H groups in total. The van der Waals surface area contributed by atoms with E-state index in [1.807, 2.05) is 11.0 Å². The Hall–Kier alpha value is -2.41. The molecule has 172 valence electrons. The predicted molar refractivity (Wildman–Crippen MR) is 122 cm³/mol. The number of aliphatic carboxylic acids is 1. The van der Waals surface area contributed by atoms with Gasteiger partial charge in [0.05, 0.1) is 11.0 Å². The van der Waals surface area contributed by atoms with Crippen LogP contribution in [0.3, 0.4) is 0 Å². The maximum absolute atomic E-state index is 13.4. The lowest BCUT2D eigenvalue weighted by Crippen LogP contribution is -2.39. The molecule has 1 amide bonds. The van der Waals surface area contributed by atoms with Crippen molar-refractivity contribution in [2.24, 2.45) is 5.92 Å². The van der Waals surface area contributed by atoms with E-state index in [9.17, 15) is 14.7 Å². The Bertz CT molecular complexity index is 813. The van der Waals surface area contributed by atoms with Crippen molar-refractivity contribution in [3.63, 3.8) is 0 Å². The van der Waals surface area contributed by atoms with Crippen LogP contribution in [0.4, 0.5) is 0 Å². The standard InChI is InChI=1S/C24H37N3O4/c1-5-6-7-11-27(12-8-13-31-4)24(30)19(9-10-23(28)29)16-22-25-20-14-17(2)18(3)15-21(20)26-22/h14-15,19H,5-13,16H2,1-4H3,(H,25,26)(H,28,29). The first-order valence-electron chi connectivity index (χ1n) is 11.3. The molecule has 1 heterocycles. The summed E-state index contributed by atoms with van der Waals surface area (Å²) in [5.74, 6) is -0.552. The quantitative estimate of drug-likeness (QED) is 0.436. The van der Waals surface area contributed by atoms with Gasteiger partial charge < -0.3 is 19.7 Å². The number of carbonyl (C=O) groups is 2. The van der Waals surface area contributed by atoms with Crippen molar-refractivity contribution in [3.8, 4) is 0 Å². The van der Waals surface area contributed by atoms with Gasteiger partial charge >= 0.3 is 5.97 Å². The third kappa shape index (κ3) is 7.65.